The Morgan fingerprint density at radius 2 is 1.55 bits per heavy atom. The molecule has 0 aromatic heterocycles. The van der Waals surface area contributed by atoms with Crippen LogP contribution in [-0.4, -0.2) is 51.8 Å². The van der Waals surface area contributed by atoms with Crippen molar-refractivity contribution in [3.63, 3.8) is 0 Å². The molecule has 0 aliphatic rings. The smallest absolute Gasteiger partial charge is 0.442 e. The minimum Gasteiger partial charge on any atom is -0.443 e. The zero-order chi connectivity index (χ0) is 17.8. The molecule has 0 fully saturated rings. The fraction of sp³-hybridized carbons (Fsp3) is 0.462. The van der Waals surface area contributed by atoms with Crippen molar-refractivity contribution < 1.29 is 23.1 Å². The lowest BCUT2D eigenvalue weighted by Gasteiger charge is -2.01. The van der Waals surface area contributed by atoms with E-state index in [1.807, 2.05) is 30.3 Å². The fourth-order valence-corrected chi connectivity index (χ4v) is 1.34. The highest BCUT2D eigenvalue weighted by Gasteiger charge is 2.02. The molecule has 0 saturated carbocycles. The van der Waals surface area contributed by atoms with E-state index >= 15 is 0 Å². The van der Waals surface area contributed by atoms with E-state index in [1.54, 1.807) is 0 Å². The van der Waals surface area contributed by atoms with Crippen molar-refractivity contribution in [1.82, 2.24) is 0 Å². The molecule has 0 aliphatic carbocycles. The molecule has 1 amide bonds. The Bertz CT molecular complexity index is 632. The number of ether oxygens (including phenoxy) is 1. The van der Waals surface area contributed by atoms with Gasteiger partial charge in [0.25, 0.3) is 0 Å². The minimum absolute atomic E-state index is 0.151. The number of aliphatic hydroxyl groups is 1. The van der Waals surface area contributed by atoms with Crippen molar-refractivity contribution >= 4 is 25.6 Å². The third-order valence-electron chi connectivity index (χ3n) is 1.50. The second-order valence-electron chi connectivity index (χ2n) is 4.55. The van der Waals surface area contributed by atoms with Gasteiger partial charge in [-0.25, -0.2) is 9.00 Å². The molecule has 1 rings (SSSR count). The maximum Gasteiger partial charge on any atom is 0.442 e. The molecule has 1 aromatic carbocycles. The van der Waals surface area contributed by atoms with E-state index in [4.69, 9.17) is 14.6 Å². The van der Waals surface area contributed by atoms with Gasteiger partial charge in [-0.3, -0.25) is 8.99 Å². The molecular weight excluding hydrogens is 328 g/mol. The van der Waals surface area contributed by atoms with Gasteiger partial charge in [0.2, 0.25) is 0 Å². The van der Waals surface area contributed by atoms with Gasteiger partial charge >= 0.3 is 6.09 Å². The third kappa shape index (κ3) is 20.9. The highest BCUT2D eigenvalue weighted by atomic mass is 32.2. The van der Waals surface area contributed by atoms with Crippen LogP contribution >= 0.6 is 0 Å². The first-order chi connectivity index (χ1) is 9.97. The molecule has 0 aliphatic heterocycles. The number of aliphatic hydroxyl groups excluding tert-OH is 1. The first kappa shape index (κ1) is 22.8. The van der Waals surface area contributed by atoms with Crippen molar-refractivity contribution in [2.75, 3.05) is 32.1 Å². The molecular formula is C13H24N2O5S2. The molecule has 22 heavy (non-hydrogen) atoms. The Morgan fingerprint density at radius 3 is 1.91 bits per heavy atom. The summed E-state index contributed by atoms with van der Waals surface area (Å²) in [7, 11) is -3.59. The summed E-state index contributed by atoms with van der Waals surface area (Å²) in [6, 6.07) is 9.25. The predicted molar refractivity (Wildman–Crippen MR) is 89.9 cm³/mol. The Hall–Kier alpha value is -1.45. The topological polar surface area (TPSA) is 117 Å². The molecule has 9 heteroatoms. The van der Waals surface area contributed by atoms with E-state index in [2.05, 4.69) is 4.36 Å². The van der Waals surface area contributed by atoms with Crippen molar-refractivity contribution in [1.29, 1.82) is 4.78 Å². The number of hydrogen-bond donors (Lipinski definition) is 2. The van der Waals surface area contributed by atoms with Crippen molar-refractivity contribution in [3.05, 3.63) is 35.9 Å². The molecule has 0 unspecified atom stereocenters. The maximum absolute atomic E-state index is 11.1. The van der Waals surface area contributed by atoms with E-state index in [0.29, 0.717) is 0 Å². The summed E-state index contributed by atoms with van der Waals surface area (Å²) in [5, 5.41) is 7.00. The Balaban J connectivity index is 0. The summed E-state index contributed by atoms with van der Waals surface area (Å²) in [5.74, 6) is 0. The molecule has 2 N–H and O–H groups in total. The molecule has 7 nitrogen and oxygen atoms in total. The first-order valence-corrected chi connectivity index (χ1v) is 10.7. The van der Waals surface area contributed by atoms with Crippen LogP contribution in [0.1, 0.15) is 5.56 Å². The number of nitrogens with zero attached hydrogens (tertiary/aromatic N) is 1. The van der Waals surface area contributed by atoms with Crippen molar-refractivity contribution in [2.24, 2.45) is 4.36 Å². The molecule has 1 aromatic rings. The fourth-order valence-electron chi connectivity index (χ4n) is 0.925. The molecule has 0 saturated heterocycles. The molecule has 128 valence electrons. The molecule has 0 radical (unpaired) electrons. The van der Waals surface area contributed by atoms with Gasteiger partial charge in [-0.2, -0.15) is 0 Å². The molecule has 0 atom stereocenters. The quantitative estimate of drug-likeness (QED) is 0.843. The van der Waals surface area contributed by atoms with Gasteiger partial charge in [-0.15, -0.1) is 4.36 Å². The number of hydrogen-bond acceptors (Lipinski definition) is 6. The summed E-state index contributed by atoms with van der Waals surface area (Å²) in [6.07, 6.45) is 4.75. The van der Waals surface area contributed by atoms with Crippen molar-refractivity contribution in [2.45, 2.75) is 6.61 Å². The van der Waals surface area contributed by atoms with Crippen LogP contribution in [0.5, 0.6) is 0 Å². The van der Waals surface area contributed by atoms with Gasteiger partial charge in [-0.1, -0.05) is 30.3 Å². The summed E-state index contributed by atoms with van der Waals surface area (Å²) in [6.45, 7) is 0.151. The SMILES string of the molecule is CO.CS(C)(=N)=O.CS(C)(=O)=NC(=O)OCc1ccccc1. The zero-order valence-corrected chi connectivity index (χ0v) is 15.1. The van der Waals surface area contributed by atoms with E-state index in [1.165, 1.54) is 25.0 Å². The lowest BCUT2D eigenvalue weighted by atomic mass is 10.2. The number of nitrogens with one attached hydrogen (secondary N) is 1. The second kappa shape index (κ2) is 11.2. The van der Waals surface area contributed by atoms with Crippen LogP contribution in [0.2, 0.25) is 0 Å². The highest BCUT2D eigenvalue weighted by molar-refractivity contribution is 7.92. The number of rotatable bonds is 2. The monoisotopic (exact) mass is 352 g/mol. The van der Waals surface area contributed by atoms with Gasteiger partial charge in [0.1, 0.15) is 6.61 Å². The van der Waals surface area contributed by atoms with Crippen molar-refractivity contribution in [3.8, 4) is 0 Å². The van der Waals surface area contributed by atoms with E-state index in [9.17, 15) is 13.2 Å². The zero-order valence-electron chi connectivity index (χ0n) is 13.4. The van der Waals surface area contributed by atoms with Gasteiger partial charge in [0.05, 0.1) is 9.73 Å². The normalized spacial score (nSPS) is 10.3. The lowest BCUT2D eigenvalue weighted by molar-refractivity contribution is 0.151. The highest BCUT2D eigenvalue weighted by Crippen LogP contribution is 2.02. The van der Waals surface area contributed by atoms with Gasteiger partial charge < -0.3 is 9.84 Å². The number of carbonyl (C=O) groups is 1. The van der Waals surface area contributed by atoms with E-state index < -0.39 is 25.6 Å². The summed E-state index contributed by atoms with van der Waals surface area (Å²) >= 11 is 0. The maximum atomic E-state index is 11.1. The van der Waals surface area contributed by atoms with Gasteiger partial charge in [-0.05, 0) is 5.56 Å². The van der Waals surface area contributed by atoms with Crippen LogP contribution in [0.25, 0.3) is 0 Å². The third-order valence-corrected chi connectivity index (χ3v) is 2.09. The van der Waals surface area contributed by atoms with Crippen LogP contribution in [0.3, 0.4) is 0 Å². The second-order valence-corrected chi connectivity index (χ2v) is 9.56. The van der Waals surface area contributed by atoms with Crippen LogP contribution < -0.4 is 0 Å². The average Bonchev–Trinajstić information content (AvgIpc) is 2.36. The molecule has 0 spiro atoms. The van der Waals surface area contributed by atoms with Crippen LogP contribution in [-0.2, 0) is 30.8 Å². The number of carbonyl (C=O) groups excluding carboxylic acids is 1. The number of benzene rings is 1. The summed E-state index contributed by atoms with van der Waals surface area (Å²) in [5.41, 5.74) is 0.875. The first-order valence-electron chi connectivity index (χ1n) is 5.99. The predicted octanol–water partition coefficient (Wildman–Crippen LogP) is 1.95. The Kier molecular flexibility index (Phi) is 11.6. The lowest BCUT2D eigenvalue weighted by Crippen LogP contribution is -2.03. The largest absolute Gasteiger partial charge is 0.443 e. The van der Waals surface area contributed by atoms with Crippen LogP contribution in [0.15, 0.2) is 34.7 Å². The Morgan fingerprint density at radius 1 is 1.14 bits per heavy atom. The molecule has 0 bridgehead atoms. The standard InChI is InChI=1S/C10H13NO3S.C2H7NOS.CH4O/c1-15(2,13)11-10(12)14-8-9-6-4-3-5-7-9;1-5(2,3)4;1-2/h3-7H,8H2,1-2H3;3H,1-2H3;2H,1H3. The van der Waals surface area contributed by atoms with Crippen LogP contribution in [0.4, 0.5) is 4.79 Å². The van der Waals surface area contributed by atoms with Crippen LogP contribution in [0, 0.1) is 4.78 Å². The Labute approximate surface area is 132 Å². The minimum atomic E-state index is -2.43. The summed E-state index contributed by atoms with van der Waals surface area (Å²) < 4.78 is 35.7. The molecule has 0 heterocycles. The average molecular weight is 352 g/mol. The van der Waals surface area contributed by atoms with E-state index in [0.717, 1.165) is 12.7 Å². The summed E-state index contributed by atoms with van der Waals surface area (Å²) in [4.78, 5) is 11.1. The van der Waals surface area contributed by atoms with Gasteiger partial charge in [0.15, 0.2) is 0 Å². The number of amides is 1. The van der Waals surface area contributed by atoms with E-state index in [-0.39, 0.29) is 6.61 Å². The van der Waals surface area contributed by atoms with Gasteiger partial charge in [0, 0.05) is 41.9 Å².